The molecule has 0 atom stereocenters. The SMILES string of the molecule is O=C(Nc1ccccc1-c1nc(COc2ccccc2)no1)c1ccc2ccccc2c1. The van der Waals surface area contributed by atoms with Crippen LogP contribution in [0.25, 0.3) is 22.2 Å². The van der Waals surface area contributed by atoms with Crippen molar-refractivity contribution in [1.82, 2.24) is 10.1 Å². The molecule has 6 heteroatoms. The molecule has 1 aromatic heterocycles. The zero-order valence-corrected chi connectivity index (χ0v) is 17.1. The third-order valence-electron chi connectivity index (χ3n) is 5.00. The number of nitrogens with zero attached hydrogens (tertiary/aromatic N) is 2. The lowest BCUT2D eigenvalue weighted by atomic mass is 10.1. The van der Waals surface area contributed by atoms with Crippen molar-refractivity contribution < 1.29 is 14.1 Å². The molecule has 5 rings (SSSR count). The molecular weight excluding hydrogens is 402 g/mol. The largest absolute Gasteiger partial charge is 0.485 e. The van der Waals surface area contributed by atoms with Crippen molar-refractivity contribution in [2.75, 3.05) is 5.32 Å². The van der Waals surface area contributed by atoms with Crippen LogP contribution < -0.4 is 10.1 Å². The van der Waals surface area contributed by atoms with Crippen molar-refractivity contribution in [3.05, 3.63) is 108 Å². The van der Waals surface area contributed by atoms with Gasteiger partial charge in [-0.3, -0.25) is 4.79 Å². The highest BCUT2D eigenvalue weighted by Crippen LogP contribution is 2.27. The van der Waals surface area contributed by atoms with Crippen LogP contribution in [-0.2, 0) is 6.61 Å². The molecule has 0 radical (unpaired) electrons. The topological polar surface area (TPSA) is 77.2 Å². The number of fused-ring (bicyclic) bond motifs is 1. The molecule has 0 aliphatic carbocycles. The van der Waals surface area contributed by atoms with Crippen LogP contribution in [0.2, 0.25) is 0 Å². The average Bonchev–Trinajstić information content (AvgIpc) is 3.32. The Balaban J connectivity index is 1.34. The van der Waals surface area contributed by atoms with E-state index in [-0.39, 0.29) is 12.5 Å². The Bertz CT molecular complexity index is 1380. The van der Waals surface area contributed by atoms with Crippen molar-refractivity contribution >= 4 is 22.4 Å². The normalized spacial score (nSPS) is 10.8. The Morgan fingerprint density at radius 2 is 1.59 bits per heavy atom. The van der Waals surface area contributed by atoms with Crippen LogP contribution in [0, 0.1) is 0 Å². The van der Waals surface area contributed by atoms with Gasteiger partial charge in [0, 0.05) is 5.56 Å². The van der Waals surface area contributed by atoms with Gasteiger partial charge in [0.05, 0.1) is 11.3 Å². The Labute approximate surface area is 184 Å². The predicted octanol–water partition coefficient (Wildman–Crippen LogP) is 5.72. The molecule has 156 valence electrons. The summed E-state index contributed by atoms with van der Waals surface area (Å²) in [6, 6.07) is 30.3. The lowest BCUT2D eigenvalue weighted by Gasteiger charge is -2.09. The molecule has 1 amide bonds. The Morgan fingerprint density at radius 1 is 0.844 bits per heavy atom. The predicted molar refractivity (Wildman–Crippen MR) is 122 cm³/mol. The average molecular weight is 421 g/mol. The first-order valence-electron chi connectivity index (χ1n) is 10.2. The van der Waals surface area contributed by atoms with Gasteiger partial charge < -0.3 is 14.6 Å². The van der Waals surface area contributed by atoms with Crippen LogP contribution in [0.3, 0.4) is 0 Å². The van der Waals surface area contributed by atoms with E-state index in [1.54, 1.807) is 6.07 Å². The second kappa shape index (κ2) is 8.73. The number of carbonyl (C=O) groups excluding carboxylic acids is 1. The number of rotatable bonds is 6. The van der Waals surface area contributed by atoms with Crippen LogP contribution in [-0.4, -0.2) is 16.0 Å². The first-order chi connectivity index (χ1) is 15.8. The highest BCUT2D eigenvalue weighted by molar-refractivity contribution is 6.07. The quantitative estimate of drug-likeness (QED) is 0.379. The van der Waals surface area contributed by atoms with E-state index in [4.69, 9.17) is 9.26 Å². The molecular formula is C26H19N3O3. The summed E-state index contributed by atoms with van der Waals surface area (Å²) in [5, 5.41) is 9.05. The Hall–Kier alpha value is -4.45. The van der Waals surface area contributed by atoms with E-state index < -0.39 is 0 Å². The van der Waals surface area contributed by atoms with Gasteiger partial charge in [0.25, 0.3) is 11.8 Å². The van der Waals surface area contributed by atoms with Crippen LogP contribution in [0.1, 0.15) is 16.2 Å². The summed E-state index contributed by atoms with van der Waals surface area (Å²) in [5.74, 6) is 1.24. The fourth-order valence-electron chi connectivity index (χ4n) is 3.39. The molecule has 1 N–H and O–H groups in total. The van der Waals surface area contributed by atoms with E-state index in [0.717, 1.165) is 16.5 Å². The Kier molecular flexibility index (Phi) is 5.32. The minimum absolute atomic E-state index is 0.180. The lowest BCUT2D eigenvalue weighted by Crippen LogP contribution is -2.12. The summed E-state index contributed by atoms with van der Waals surface area (Å²) in [5.41, 5.74) is 1.80. The van der Waals surface area contributed by atoms with Gasteiger partial charge in [0.1, 0.15) is 5.75 Å². The fraction of sp³-hybridized carbons (Fsp3) is 0.0385. The molecule has 0 spiro atoms. The number of anilines is 1. The number of nitrogens with one attached hydrogen (secondary N) is 1. The van der Waals surface area contributed by atoms with E-state index in [2.05, 4.69) is 15.5 Å². The molecule has 0 unspecified atom stereocenters. The molecule has 4 aromatic carbocycles. The van der Waals surface area contributed by atoms with Crippen LogP contribution in [0.4, 0.5) is 5.69 Å². The first kappa shape index (κ1) is 19.5. The number of para-hydroxylation sites is 2. The number of benzene rings is 4. The van der Waals surface area contributed by atoms with Crippen molar-refractivity contribution in [3.8, 4) is 17.2 Å². The van der Waals surface area contributed by atoms with Crippen molar-refractivity contribution in [2.45, 2.75) is 6.61 Å². The van der Waals surface area contributed by atoms with Crippen LogP contribution in [0.15, 0.2) is 102 Å². The standard InChI is InChI=1S/C26H19N3O3/c30-25(20-15-14-18-8-4-5-9-19(18)16-20)27-23-13-7-6-12-22(23)26-28-24(29-32-26)17-31-21-10-2-1-3-11-21/h1-16H,17H2,(H,27,30). The van der Waals surface area contributed by atoms with E-state index in [1.807, 2.05) is 91.0 Å². The molecule has 0 saturated heterocycles. The van der Waals surface area contributed by atoms with E-state index in [1.165, 1.54) is 0 Å². The summed E-state index contributed by atoms with van der Waals surface area (Å²) < 4.78 is 11.1. The molecule has 6 nitrogen and oxygen atoms in total. The van der Waals surface area contributed by atoms with Gasteiger partial charge in [-0.1, -0.05) is 65.8 Å². The van der Waals surface area contributed by atoms with Gasteiger partial charge in [-0.2, -0.15) is 4.98 Å². The minimum atomic E-state index is -0.213. The fourth-order valence-corrected chi connectivity index (χ4v) is 3.39. The number of carbonyl (C=O) groups is 1. The number of ether oxygens (including phenoxy) is 1. The monoisotopic (exact) mass is 421 g/mol. The first-order valence-corrected chi connectivity index (χ1v) is 10.2. The molecule has 0 fully saturated rings. The molecule has 0 aliphatic heterocycles. The van der Waals surface area contributed by atoms with Gasteiger partial charge in [-0.05, 0) is 47.2 Å². The molecule has 5 aromatic rings. The number of amides is 1. The van der Waals surface area contributed by atoms with Gasteiger partial charge >= 0.3 is 0 Å². The second-order valence-electron chi connectivity index (χ2n) is 7.18. The van der Waals surface area contributed by atoms with Gasteiger partial charge in [0.2, 0.25) is 5.82 Å². The molecule has 32 heavy (non-hydrogen) atoms. The highest BCUT2D eigenvalue weighted by atomic mass is 16.5. The van der Waals surface area contributed by atoms with E-state index in [0.29, 0.717) is 28.5 Å². The summed E-state index contributed by atoms with van der Waals surface area (Å²) in [4.78, 5) is 17.3. The number of hydrogen-bond donors (Lipinski definition) is 1. The maximum Gasteiger partial charge on any atom is 0.260 e. The minimum Gasteiger partial charge on any atom is -0.485 e. The third-order valence-corrected chi connectivity index (χ3v) is 5.00. The lowest BCUT2D eigenvalue weighted by molar-refractivity contribution is 0.102. The van der Waals surface area contributed by atoms with E-state index >= 15 is 0 Å². The van der Waals surface area contributed by atoms with Crippen molar-refractivity contribution in [1.29, 1.82) is 0 Å². The van der Waals surface area contributed by atoms with Gasteiger partial charge in [-0.25, -0.2) is 0 Å². The van der Waals surface area contributed by atoms with Crippen LogP contribution in [0.5, 0.6) is 5.75 Å². The van der Waals surface area contributed by atoms with E-state index in [9.17, 15) is 4.79 Å². The van der Waals surface area contributed by atoms with Crippen molar-refractivity contribution in [2.24, 2.45) is 0 Å². The molecule has 0 saturated carbocycles. The number of hydrogen-bond acceptors (Lipinski definition) is 5. The summed E-state index contributed by atoms with van der Waals surface area (Å²) in [7, 11) is 0. The zero-order chi connectivity index (χ0) is 21.8. The van der Waals surface area contributed by atoms with Crippen molar-refractivity contribution in [3.63, 3.8) is 0 Å². The van der Waals surface area contributed by atoms with Crippen LogP contribution >= 0.6 is 0 Å². The maximum atomic E-state index is 12.9. The maximum absolute atomic E-state index is 12.9. The van der Waals surface area contributed by atoms with Gasteiger partial charge in [0.15, 0.2) is 6.61 Å². The zero-order valence-electron chi connectivity index (χ0n) is 17.1. The van der Waals surface area contributed by atoms with Gasteiger partial charge in [-0.15, -0.1) is 0 Å². The summed E-state index contributed by atoms with van der Waals surface area (Å²) in [6.07, 6.45) is 0. The third kappa shape index (κ3) is 4.20. The smallest absolute Gasteiger partial charge is 0.260 e. The summed E-state index contributed by atoms with van der Waals surface area (Å²) >= 11 is 0. The number of aromatic nitrogens is 2. The second-order valence-corrected chi connectivity index (χ2v) is 7.18. The molecule has 0 aliphatic rings. The molecule has 1 heterocycles. The highest BCUT2D eigenvalue weighted by Gasteiger charge is 2.16. The molecule has 0 bridgehead atoms. The Morgan fingerprint density at radius 3 is 2.47 bits per heavy atom. The summed E-state index contributed by atoms with van der Waals surface area (Å²) in [6.45, 7) is 0.180.